The van der Waals surface area contributed by atoms with Crippen LogP contribution in [0.15, 0.2) is 48.7 Å². The number of hydrogen-bond acceptors (Lipinski definition) is 6. The van der Waals surface area contributed by atoms with Gasteiger partial charge in [-0.1, -0.05) is 38.1 Å². The highest BCUT2D eigenvalue weighted by molar-refractivity contribution is 6.10. The number of anilines is 2. The predicted octanol–water partition coefficient (Wildman–Crippen LogP) is 4.66. The summed E-state index contributed by atoms with van der Waals surface area (Å²) in [5.74, 6) is 0.433. The maximum absolute atomic E-state index is 12.8. The van der Waals surface area contributed by atoms with Gasteiger partial charge < -0.3 is 24.7 Å². The topological polar surface area (TPSA) is 94.5 Å². The number of pyridine rings is 1. The summed E-state index contributed by atoms with van der Waals surface area (Å²) in [7, 11) is 2.95. The maximum Gasteiger partial charge on any atom is 0.356 e. The first-order chi connectivity index (χ1) is 16.3. The number of hydrogen-bond donors (Lipinski definition) is 2. The van der Waals surface area contributed by atoms with Crippen molar-refractivity contribution in [3.8, 4) is 5.75 Å². The predicted molar refractivity (Wildman–Crippen MR) is 135 cm³/mol. The molecule has 2 aromatic heterocycles. The number of nitrogens with one attached hydrogen (secondary N) is 2. The van der Waals surface area contributed by atoms with Crippen LogP contribution in [0, 0.1) is 5.92 Å². The molecule has 1 amide bonds. The molecule has 0 fully saturated rings. The molecule has 0 aliphatic carbocycles. The van der Waals surface area contributed by atoms with Gasteiger partial charge in [-0.05, 0) is 36.1 Å². The van der Waals surface area contributed by atoms with E-state index in [0.29, 0.717) is 42.1 Å². The van der Waals surface area contributed by atoms with E-state index in [9.17, 15) is 9.59 Å². The van der Waals surface area contributed by atoms with Gasteiger partial charge in [-0.3, -0.25) is 4.79 Å². The third kappa shape index (κ3) is 5.95. The third-order valence-electron chi connectivity index (χ3n) is 5.31. The summed E-state index contributed by atoms with van der Waals surface area (Å²) in [4.78, 5) is 29.4. The number of carbonyl (C=O) groups is 2. The Balaban J connectivity index is 2.01. The van der Waals surface area contributed by atoms with E-state index in [1.807, 2.05) is 30.3 Å². The van der Waals surface area contributed by atoms with Crippen molar-refractivity contribution >= 4 is 34.3 Å². The second-order valence-electron chi connectivity index (χ2n) is 8.29. The number of benzene rings is 1. The Morgan fingerprint density at radius 1 is 1.18 bits per heavy atom. The molecule has 2 N–H and O–H groups in total. The number of aromatic nitrogens is 2. The Hall–Kier alpha value is -3.81. The van der Waals surface area contributed by atoms with Gasteiger partial charge in [-0.2, -0.15) is 0 Å². The van der Waals surface area contributed by atoms with Gasteiger partial charge in [0.15, 0.2) is 5.69 Å². The molecule has 0 aliphatic heterocycles. The molecule has 1 aromatic carbocycles. The lowest BCUT2D eigenvalue weighted by molar-refractivity contribution is -0.114. The van der Waals surface area contributed by atoms with Crippen LogP contribution < -0.4 is 15.4 Å². The highest BCUT2D eigenvalue weighted by Gasteiger charge is 2.25. The maximum atomic E-state index is 12.8. The third-order valence-corrected chi connectivity index (χ3v) is 5.31. The summed E-state index contributed by atoms with van der Waals surface area (Å²) >= 11 is 0. The monoisotopic (exact) mass is 464 g/mol. The second-order valence-corrected chi connectivity index (χ2v) is 8.29. The average Bonchev–Trinajstić information content (AvgIpc) is 3.12. The van der Waals surface area contributed by atoms with Crippen LogP contribution in [-0.4, -0.2) is 42.2 Å². The van der Waals surface area contributed by atoms with Crippen LogP contribution in [0.25, 0.3) is 11.0 Å². The largest absolute Gasteiger partial charge is 0.497 e. The molecular weight excluding hydrogens is 432 g/mol. The van der Waals surface area contributed by atoms with E-state index < -0.39 is 5.97 Å². The summed E-state index contributed by atoms with van der Waals surface area (Å²) in [6.07, 6.45) is 6.56. The minimum atomic E-state index is -0.536. The van der Waals surface area contributed by atoms with Crippen LogP contribution in [0.4, 0.5) is 11.4 Å². The van der Waals surface area contributed by atoms with Crippen LogP contribution in [0.5, 0.6) is 5.75 Å². The zero-order valence-electron chi connectivity index (χ0n) is 20.3. The minimum absolute atomic E-state index is 0.269. The van der Waals surface area contributed by atoms with Gasteiger partial charge in [0.25, 0.3) is 0 Å². The molecule has 34 heavy (non-hydrogen) atoms. The van der Waals surface area contributed by atoms with E-state index in [0.717, 1.165) is 17.0 Å². The minimum Gasteiger partial charge on any atom is -0.497 e. The molecule has 2 heterocycles. The Kier molecular flexibility index (Phi) is 8.29. The van der Waals surface area contributed by atoms with Crippen molar-refractivity contribution in [2.24, 2.45) is 5.92 Å². The van der Waals surface area contributed by atoms with E-state index in [-0.39, 0.29) is 11.6 Å². The van der Waals surface area contributed by atoms with Gasteiger partial charge >= 0.3 is 5.97 Å². The molecule has 0 unspecified atom stereocenters. The molecule has 0 radical (unpaired) electrons. The zero-order chi connectivity index (χ0) is 24.7. The summed E-state index contributed by atoms with van der Waals surface area (Å²) < 4.78 is 12.1. The Morgan fingerprint density at radius 3 is 2.53 bits per heavy atom. The van der Waals surface area contributed by atoms with Crippen molar-refractivity contribution in [3.63, 3.8) is 0 Å². The number of fused-ring (bicyclic) bond motifs is 1. The molecule has 8 heteroatoms. The van der Waals surface area contributed by atoms with Crippen LogP contribution in [0.1, 0.15) is 36.8 Å². The summed E-state index contributed by atoms with van der Waals surface area (Å²) in [6.45, 7) is 6.76. The number of esters is 1. The number of aryl methyl sites for hydroxylation is 2. The molecule has 180 valence electrons. The number of allylic oxidation sites excluding steroid dienone is 1. The number of rotatable bonds is 10. The second kappa shape index (κ2) is 11.4. The molecule has 0 spiro atoms. The van der Waals surface area contributed by atoms with Gasteiger partial charge in [0.05, 0.1) is 31.8 Å². The van der Waals surface area contributed by atoms with Crippen LogP contribution >= 0.6 is 0 Å². The van der Waals surface area contributed by atoms with E-state index >= 15 is 0 Å². The van der Waals surface area contributed by atoms with Gasteiger partial charge in [-0.15, -0.1) is 0 Å². The highest BCUT2D eigenvalue weighted by Crippen LogP contribution is 2.33. The Morgan fingerprint density at radius 2 is 1.91 bits per heavy atom. The fourth-order valence-corrected chi connectivity index (χ4v) is 3.70. The normalized spacial score (nSPS) is 11.2. The molecule has 0 aliphatic rings. The fraction of sp³-hybridized carbons (Fsp3) is 0.346. The smallest absolute Gasteiger partial charge is 0.356 e. The van der Waals surface area contributed by atoms with Gasteiger partial charge in [0.1, 0.15) is 11.4 Å². The van der Waals surface area contributed by atoms with Crippen molar-refractivity contribution in [2.45, 2.75) is 33.7 Å². The van der Waals surface area contributed by atoms with Crippen molar-refractivity contribution in [1.82, 2.24) is 9.55 Å². The van der Waals surface area contributed by atoms with Crippen LogP contribution in [0.2, 0.25) is 0 Å². The van der Waals surface area contributed by atoms with Crippen LogP contribution in [0.3, 0.4) is 0 Å². The Labute approximate surface area is 200 Å². The molecule has 3 rings (SSSR count). The molecular formula is C26H32N4O4. The molecule has 0 saturated carbocycles. The number of carbonyl (C=O) groups excluding carboxylic acids is 2. The lowest BCUT2D eigenvalue weighted by atomic mass is 10.1. The Bertz CT molecular complexity index is 1180. The first-order valence-corrected chi connectivity index (χ1v) is 11.3. The molecule has 0 bridgehead atoms. The fourth-order valence-electron chi connectivity index (χ4n) is 3.70. The highest BCUT2D eigenvalue weighted by atomic mass is 16.5. The molecule has 0 saturated heterocycles. The van der Waals surface area contributed by atoms with Gasteiger partial charge in [0.2, 0.25) is 5.91 Å². The summed E-state index contributed by atoms with van der Waals surface area (Å²) in [6, 6.07) is 9.66. The number of ether oxygens (including phenoxy) is 2. The first-order valence-electron chi connectivity index (χ1n) is 11.3. The summed E-state index contributed by atoms with van der Waals surface area (Å²) in [5.41, 5.74) is 3.13. The van der Waals surface area contributed by atoms with E-state index in [2.05, 4.69) is 41.6 Å². The van der Waals surface area contributed by atoms with Crippen molar-refractivity contribution in [2.75, 3.05) is 31.4 Å². The summed E-state index contributed by atoms with van der Waals surface area (Å²) in [5, 5.41) is 6.80. The van der Waals surface area contributed by atoms with E-state index in [4.69, 9.17) is 9.47 Å². The lowest BCUT2D eigenvalue weighted by Gasteiger charge is -2.11. The molecule has 8 nitrogen and oxygen atoms in total. The van der Waals surface area contributed by atoms with E-state index in [1.165, 1.54) is 14.0 Å². The quantitative estimate of drug-likeness (QED) is 0.335. The van der Waals surface area contributed by atoms with E-state index in [1.54, 1.807) is 17.9 Å². The SMILES string of the molecule is COC(=O)c1c(NC(C)=O)c2cc(NC/C=C/C(C)C)cnc2n1CCc1ccc(OC)cc1. The number of amides is 1. The molecule has 3 aromatic rings. The van der Waals surface area contributed by atoms with Crippen molar-refractivity contribution in [1.29, 1.82) is 0 Å². The number of methoxy groups -OCH3 is 2. The number of nitrogens with zero attached hydrogens (tertiary/aromatic N) is 2. The molecule has 0 atom stereocenters. The van der Waals surface area contributed by atoms with Crippen molar-refractivity contribution < 1.29 is 19.1 Å². The van der Waals surface area contributed by atoms with Gasteiger partial charge in [0, 0.05) is 25.4 Å². The lowest BCUT2D eigenvalue weighted by Crippen LogP contribution is -2.16. The van der Waals surface area contributed by atoms with Crippen LogP contribution in [-0.2, 0) is 22.5 Å². The zero-order valence-corrected chi connectivity index (χ0v) is 20.3. The van der Waals surface area contributed by atoms with Gasteiger partial charge in [-0.25, -0.2) is 9.78 Å². The van der Waals surface area contributed by atoms with Crippen molar-refractivity contribution in [3.05, 3.63) is 59.9 Å². The average molecular weight is 465 g/mol. The standard InChI is InChI=1S/C26H32N4O4/c1-17(2)7-6-13-27-20-15-22-23(29-18(3)31)24(26(32)34-5)30(25(22)28-16-20)14-12-19-8-10-21(33-4)11-9-19/h6-11,15-17,27H,12-14H2,1-5H3,(H,29,31)/b7-6+. The first kappa shape index (κ1) is 24.8.